The zero-order valence-electron chi connectivity index (χ0n) is 9.41. The summed E-state index contributed by atoms with van der Waals surface area (Å²) in [5.74, 6) is -0.317. The van der Waals surface area contributed by atoms with Crippen LogP contribution < -0.4 is 10.6 Å². The predicted octanol–water partition coefficient (Wildman–Crippen LogP) is 1.62. The molecule has 0 aromatic heterocycles. The van der Waals surface area contributed by atoms with Gasteiger partial charge in [0, 0.05) is 12.1 Å². The maximum Gasteiger partial charge on any atom is 0.237 e. The molecule has 1 unspecified atom stereocenters. The Morgan fingerprint density at radius 3 is 2.88 bits per heavy atom. The zero-order valence-corrected chi connectivity index (χ0v) is 10.2. The largest absolute Gasteiger partial charge is 0.351 e. The number of nitrogens with one attached hydrogen (secondary N) is 2. The lowest BCUT2D eigenvalue weighted by atomic mass is 10.2. The molecule has 5 heteroatoms. The van der Waals surface area contributed by atoms with Crippen LogP contribution >= 0.6 is 12.4 Å². The Balaban J connectivity index is 0.00000144. The highest BCUT2D eigenvalue weighted by Crippen LogP contribution is 2.07. The second-order valence-electron chi connectivity index (χ2n) is 3.96. The monoisotopic (exact) mass is 258 g/mol. The fourth-order valence-corrected chi connectivity index (χ4v) is 1.86. The summed E-state index contributed by atoms with van der Waals surface area (Å²) >= 11 is 0. The lowest BCUT2D eigenvalue weighted by molar-refractivity contribution is -0.122. The smallest absolute Gasteiger partial charge is 0.237 e. The average Bonchev–Trinajstić information content (AvgIpc) is 2.81. The molecule has 0 aliphatic carbocycles. The van der Waals surface area contributed by atoms with Crippen molar-refractivity contribution in [3.8, 4) is 0 Å². The summed E-state index contributed by atoms with van der Waals surface area (Å²) in [4.78, 5) is 11.6. The van der Waals surface area contributed by atoms with Crippen molar-refractivity contribution in [2.75, 3.05) is 6.54 Å². The zero-order chi connectivity index (χ0) is 11.4. The Morgan fingerprint density at radius 1 is 1.47 bits per heavy atom. The highest BCUT2D eigenvalue weighted by molar-refractivity contribution is 5.85. The molecular formula is C12H16ClFN2O. The van der Waals surface area contributed by atoms with E-state index in [0.717, 1.165) is 19.4 Å². The van der Waals surface area contributed by atoms with Crippen molar-refractivity contribution < 1.29 is 9.18 Å². The van der Waals surface area contributed by atoms with Crippen LogP contribution in [0, 0.1) is 5.82 Å². The van der Waals surface area contributed by atoms with Gasteiger partial charge in [-0.25, -0.2) is 4.39 Å². The summed E-state index contributed by atoms with van der Waals surface area (Å²) in [6.07, 6.45) is 1.89. The molecule has 0 radical (unpaired) electrons. The third kappa shape index (κ3) is 3.68. The Kier molecular flexibility index (Phi) is 5.38. The predicted molar refractivity (Wildman–Crippen MR) is 66.5 cm³/mol. The van der Waals surface area contributed by atoms with E-state index in [-0.39, 0.29) is 36.7 Å². The van der Waals surface area contributed by atoms with Crippen LogP contribution in [0.15, 0.2) is 24.3 Å². The molecule has 1 amide bonds. The molecule has 1 heterocycles. The van der Waals surface area contributed by atoms with Crippen molar-refractivity contribution in [2.24, 2.45) is 0 Å². The van der Waals surface area contributed by atoms with Crippen LogP contribution in [-0.4, -0.2) is 18.5 Å². The summed E-state index contributed by atoms with van der Waals surface area (Å²) in [6, 6.07) is 6.37. The molecular weight excluding hydrogens is 243 g/mol. The van der Waals surface area contributed by atoms with Gasteiger partial charge in [0.2, 0.25) is 5.91 Å². The highest BCUT2D eigenvalue weighted by Gasteiger charge is 2.21. The van der Waals surface area contributed by atoms with Crippen LogP contribution in [-0.2, 0) is 11.3 Å². The van der Waals surface area contributed by atoms with E-state index in [1.807, 2.05) is 0 Å². The molecule has 1 aromatic rings. The molecule has 1 saturated heterocycles. The SMILES string of the molecule is Cl.O=C(NCc1ccccc1F)C1CCCN1. The number of hydrogen-bond donors (Lipinski definition) is 2. The van der Waals surface area contributed by atoms with Gasteiger partial charge < -0.3 is 10.6 Å². The van der Waals surface area contributed by atoms with E-state index in [1.165, 1.54) is 6.07 Å². The Bertz CT molecular complexity index is 381. The van der Waals surface area contributed by atoms with E-state index in [1.54, 1.807) is 18.2 Å². The summed E-state index contributed by atoms with van der Waals surface area (Å²) in [5, 5.41) is 5.84. The van der Waals surface area contributed by atoms with Crippen LogP contribution in [0.5, 0.6) is 0 Å². The van der Waals surface area contributed by atoms with Crippen molar-refractivity contribution in [2.45, 2.75) is 25.4 Å². The average molecular weight is 259 g/mol. The molecule has 1 fully saturated rings. The lowest BCUT2D eigenvalue weighted by Gasteiger charge is -2.11. The van der Waals surface area contributed by atoms with E-state index >= 15 is 0 Å². The van der Waals surface area contributed by atoms with E-state index in [4.69, 9.17) is 0 Å². The minimum atomic E-state index is -0.276. The van der Waals surface area contributed by atoms with Crippen molar-refractivity contribution in [3.63, 3.8) is 0 Å². The highest BCUT2D eigenvalue weighted by atomic mass is 35.5. The number of carbonyl (C=O) groups is 1. The maximum atomic E-state index is 13.3. The first-order chi connectivity index (χ1) is 7.77. The van der Waals surface area contributed by atoms with E-state index < -0.39 is 0 Å². The maximum absolute atomic E-state index is 13.3. The van der Waals surface area contributed by atoms with Gasteiger partial charge >= 0.3 is 0 Å². The van der Waals surface area contributed by atoms with Crippen molar-refractivity contribution >= 4 is 18.3 Å². The first-order valence-corrected chi connectivity index (χ1v) is 5.52. The van der Waals surface area contributed by atoms with Gasteiger partial charge in [-0.05, 0) is 25.5 Å². The van der Waals surface area contributed by atoms with Crippen LogP contribution in [0.2, 0.25) is 0 Å². The van der Waals surface area contributed by atoms with Crippen molar-refractivity contribution in [3.05, 3.63) is 35.6 Å². The number of halogens is 2. The molecule has 0 bridgehead atoms. The minimum Gasteiger partial charge on any atom is -0.351 e. The first-order valence-electron chi connectivity index (χ1n) is 5.52. The molecule has 2 N–H and O–H groups in total. The molecule has 0 spiro atoms. The summed E-state index contributed by atoms with van der Waals surface area (Å²) in [5.41, 5.74) is 0.522. The second kappa shape index (κ2) is 6.57. The fraction of sp³-hybridized carbons (Fsp3) is 0.417. The molecule has 1 atom stereocenters. The third-order valence-electron chi connectivity index (χ3n) is 2.79. The Labute approximate surface area is 106 Å². The van der Waals surface area contributed by atoms with Gasteiger partial charge in [0.25, 0.3) is 0 Å². The standard InChI is InChI=1S/C12H15FN2O.ClH/c13-10-5-2-1-4-9(10)8-15-12(16)11-6-3-7-14-11;/h1-2,4-5,11,14H,3,6-8H2,(H,15,16);1H. The topological polar surface area (TPSA) is 41.1 Å². The molecule has 3 nitrogen and oxygen atoms in total. The van der Waals surface area contributed by atoms with E-state index in [9.17, 15) is 9.18 Å². The van der Waals surface area contributed by atoms with Crippen LogP contribution in [0.4, 0.5) is 4.39 Å². The van der Waals surface area contributed by atoms with Gasteiger partial charge in [0.05, 0.1) is 6.04 Å². The van der Waals surface area contributed by atoms with Crippen LogP contribution in [0.25, 0.3) is 0 Å². The minimum absolute atomic E-state index is 0. The van der Waals surface area contributed by atoms with Gasteiger partial charge in [-0.15, -0.1) is 12.4 Å². The molecule has 1 aromatic carbocycles. The molecule has 94 valence electrons. The quantitative estimate of drug-likeness (QED) is 0.865. The Morgan fingerprint density at radius 2 is 2.24 bits per heavy atom. The third-order valence-corrected chi connectivity index (χ3v) is 2.79. The number of hydrogen-bond acceptors (Lipinski definition) is 2. The van der Waals surface area contributed by atoms with E-state index in [0.29, 0.717) is 5.56 Å². The number of carbonyl (C=O) groups excluding carboxylic acids is 1. The lowest BCUT2D eigenvalue weighted by Crippen LogP contribution is -2.40. The van der Waals surface area contributed by atoms with Gasteiger partial charge in [0.15, 0.2) is 0 Å². The molecule has 0 saturated carbocycles. The van der Waals surface area contributed by atoms with E-state index in [2.05, 4.69) is 10.6 Å². The Hall–Kier alpha value is -1.13. The van der Waals surface area contributed by atoms with Gasteiger partial charge in [0.1, 0.15) is 5.82 Å². The second-order valence-corrected chi connectivity index (χ2v) is 3.96. The molecule has 2 rings (SSSR count). The van der Waals surface area contributed by atoms with Crippen LogP contribution in [0.3, 0.4) is 0 Å². The fourth-order valence-electron chi connectivity index (χ4n) is 1.86. The van der Waals surface area contributed by atoms with Gasteiger partial charge in [-0.1, -0.05) is 18.2 Å². The molecule has 17 heavy (non-hydrogen) atoms. The number of benzene rings is 1. The number of amides is 1. The van der Waals surface area contributed by atoms with Gasteiger partial charge in [-0.2, -0.15) is 0 Å². The van der Waals surface area contributed by atoms with Gasteiger partial charge in [-0.3, -0.25) is 4.79 Å². The first kappa shape index (κ1) is 13.9. The normalized spacial score (nSPS) is 18.5. The van der Waals surface area contributed by atoms with Crippen molar-refractivity contribution in [1.29, 1.82) is 0 Å². The summed E-state index contributed by atoms with van der Waals surface area (Å²) in [7, 11) is 0. The number of rotatable bonds is 3. The molecule has 1 aliphatic heterocycles. The summed E-state index contributed by atoms with van der Waals surface area (Å²) < 4.78 is 13.3. The van der Waals surface area contributed by atoms with Crippen molar-refractivity contribution in [1.82, 2.24) is 10.6 Å². The molecule has 1 aliphatic rings. The summed E-state index contributed by atoms with van der Waals surface area (Å²) in [6.45, 7) is 1.14. The van der Waals surface area contributed by atoms with Crippen LogP contribution in [0.1, 0.15) is 18.4 Å².